The number of unbranched alkanes of at least 4 members (excludes halogenated alkanes) is 2. The van der Waals surface area contributed by atoms with Crippen molar-refractivity contribution >= 4 is 35.6 Å². The monoisotopic (exact) mass is 517 g/mol. The highest BCUT2D eigenvalue weighted by molar-refractivity contribution is 5.95. The molecule has 0 aliphatic heterocycles. The van der Waals surface area contributed by atoms with Crippen molar-refractivity contribution in [2.75, 3.05) is 13.1 Å². The number of carbonyl (C=O) groups is 6. The molecule has 0 rings (SSSR count). The highest BCUT2D eigenvalue weighted by Crippen LogP contribution is 2.07. The standard InChI is InChI=1S/C21H39N7O8/c22-9-3-1-5-12(24)18(32)26-13(6-2-4-10-23)19(33)27-14(7-8-17(30)31)20(34)28-15(21(35)36)11-16(25)29/h12-15H,1-11,22-24H2,(H2,25,29)(H,26,32)(H,27,33)(H,28,34)(H,30,31)(H,35,36). The fraction of sp³-hybridized carbons (Fsp3) is 0.714. The van der Waals surface area contributed by atoms with E-state index in [1.54, 1.807) is 0 Å². The van der Waals surface area contributed by atoms with Gasteiger partial charge in [0.25, 0.3) is 0 Å². The van der Waals surface area contributed by atoms with Gasteiger partial charge in [0.2, 0.25) is 23.6 Å². The number of nitrogens with two attached hydrogens (primary N) is 4. The first-order valence-corrected chi connectivity index (χ1v) is 11.7. The van der Waals surface area contributed by atoms with Crippen molar-refractivity contribution in [2.45, 2.75) is 82.0 Å². The van der Waals surface area contributed by atoms with E-state index in [0.717, 1.165) is 0 Å². The zero-order chi connectivity index (χ0) is 27.7. The molecule has 0 aromatic carbocycles. The summed E-state index contributed by atoms with van der Waals surface area (Å²) in [4.78, 5) is 71.6. The number of primary amides is 1. The first-order valence-electron chi connectivity index (χ1n) is 11.7. The van der Waals surface area contributed by atoms with E-state index in [-0.39, 0.29) is 12.8 Å². The van der Waals surface area contributed by atoms with Crippen LogP contribution in [-0.4, -0.2) is 83.0 Å². The maximum atomic E-state index is 13.0. The molecule has 0 fully saturated rings. The minimum absolute atomic E-state index is 0.164. The zero-order valence-corrected chi connectivity index (χ0v) is 20.2. The van der Waals surface area contributed by atoms with Gasteiger partial charge in [-0.3, -0.25) is 24.0 Å². The van der Waals surface area contributed by atoms with E-state index in [0.29, 0.717) is 45.2 Å². The van der Waals surface area contributed by atoms with Gasteiger partial charge < -0.3 is 49.1 Å². The molecule has 0 aliphatic carbocycles. The summed E-state index contributed by atoms with van der Waals surface area (Å²) in [5, 5.41) is 25.2. The van der Waals surface area contributed by atoms with E-state index in [9.17, 15) is 33.9 Å². The second kappa shape index (κ2) is 18.0. The van der Waals surface area contributed by atoms with Gasteiger partial charge in [0, 0.05) is 6.42 Å². The number of amides is 4. The molecule has 0 bridgehead atoms. The molecule has 13 N–H and O–H groups in total. The van der Waals surface area contributed by atoms with Gasteiger partial charge >= 0.3 is 11.9 Å². The van der Waals surface area contributed by atoms with Gasteiger partial charge in [0.05, 0.1) is 12.5 Å². The number of carbonyl (C=O) groups excluding carboxylic acids is 4. The Morgan fingerprint density at radius 1 is 0.667 bits per heavy atom. The van der Waals surface area contributed by atoms with Crippen LogP contribution in [0.5, 0.6) is 0 Å². The first kappa shape index (κ1) is 32.7. The summed E-state index contributed by atoms with van der Waals surface area (Å²) in [6, 6.07) is -5.13. The lowest BCUT2D eigenvalue weighted by Gasteiger charge is -2.25. The van der Waals surface area contributed by atoms with Crippen molar-refractivity contribution in [1.82, 2.24) is 16.0 Å². The normalized spacial score (nSPS) is 14.1. The molecule has 0 spiro atoms. The van der Waals surface area contributed by atoms with Gasteiger partial charge in [0.15, 0.2) is 0 Å². The van der Waals surface area contributed by atoms with Crippen LogP contribution in [0.4, 0.5) is 0 Å². The number of aliphatic carboxylic acids is 2. The van der Waals surface area contributed by atoms with Crippen LogP contribution in [0, 0.1) is 0 Å². The Bertz CT molecular complexity index is 765. The summed E-state index contributed by atoms with van der Waals surface area (Å²) in [7, 11) is 0. The van der Waals surface area contributed by atoms with Crippen LogP contribution in [0.1, 0.15) is 57.8 Å². The predicted molar refractivity (Wildman–Crippen MR) is 128 cm³/mol. The highest BCUT2D eigenvalue weighted by atomic mass is 16.4. The van der Waals surface area contributed by atoms with E-state index in [4.69, 9.17) is 28.0 Å². The largest absolute Gasteiger partial charge is 0.481 e. The molecule has 0 saturated carbocycles. The molecule has 4 unspecified atom stereocenters. The molecule has 4 amide bonds. The van der Waals surface area contributed by atoms with Gasteiger partial charge in [-0.15, -0.1) is 0 Å². The SMILES string of the molecule is NCCCCC(N)C(=O)NC(CCCCN)C(=O)NC(CCC(=O)O)C(=O)NC(CC(N)=O)C(=O)O. The second-order valence-electron chi connectivity index (χ2n) is 8.30. The third-order valence-corrected chi connectivity index (χ3v) is 5.19. The molecule has 0 radical (unpaired) electrons. The van der Waals surface area contributed by atoms with Crippen molar-refractivity contribution in [3.63, 3.8) is 0 Å². The lowest BCUT2D eigenvalue weighted by molar-refractivity contribution is -0.144. The molecule has 0 saturated heterocycles. The molecule has 15 heteroatoms. The van der Waals surface area contributed by atoms with Crippen LogP contribution < -0.4 is 38.9 Å². The lowest BCUT2D eigenvalue weighted by atomic mass is 10.0. The summed E-state index contributed by atoms with van der Waals surface area (Å²) in [6.07, 6.45) is 1.21. The average Bonchev–Trinajstić information content (AvgIpc) is 2.79. The Balaban J connectivity index is 5.53. The van der Waals surface area contributed by atoms with Crippen LogP contribution in [0.3, 0.4) is 0 Å². The molecule has 0 aliphatic rings. The van der Waals surface area contributed by atoms with Gasteiger partial charge in [-0.05, 0) is 51.6 Å². The van der Waals surface area contributed by atoms with E-state index in [1.165, 1.54) is 0 Å². The van der Waals surface area contributed by atoms with Crippen molar-refractivity contribution in [1.29, 1.82) is 0 Å². The van der Waals surface area contributed by atoms with E-state index in [2.05, 4.69) is 16.0 Å². The fourth-order valence-corrected chi connectivity index (χ4v) is 3.16. The third-order valence-electron chi connectivity index (χ3n) is 5.19. The average molecular weight is 518 g/mol. The Kier molecular flexibility index (Phi) is 16.4. The maximum Gasteiger partial charge on any atom is 0.326 e. The molecular formula is C21H39N7O8. The smallest absolute Gasteiger partial charge is 0.326 e. The quantitative estimate of drug-likeness (QED) is 0.0726. The maximum absolute atomic E-state index is 13.0. The molecule has 0 aromatic heterocycles. The molecular weight excluding hydrogens is 478 g/mol. The summed E-state index contributed by atoms with van der Waals surface area (Å²) < 4.78 is 0. The topological polar surface area (TPSA) is 283 Å². The summed E-state index contributed by atoms with van der Waals surface area (Å²) in [5.74, 6) is -6.19. The molecule has 36 heavy (non-hydrogen) atoms. The molecule has 15 nitrogen and oxygen atoms in total. The van der Waals surface area contributed by atoms with E-state index in [1.807, 2.05) is 0 Å². The van der Waals surface area contributed by atoms with Gasteiger partial charge in [-0.1, -0.05) is 6.42 Å². The van der Waals surface area contributed by atoms with Gasteiger partial charge in [0.1, 0.15) is 18.1 Å². The fourth-order valence-electron chi connectivity index (χ4n) is 3.16. The van der Waals surface area contributed by atoms with Gasteiger partial charge in [-0.2, -0.15) is 0 Å². The zero-order valence-electron chi connectivity index (χ0n) is 20.2. The van der Waals surface area contributed by atoms with E-state index >= 15 is 0 Å². The van der Waals surface area contributed by atoms with Crippen LogP contribution >= 0.6 is 0 Å². The second-order valence-corrected chi connectivity index (χ2v) is 8.30. The van der Waals surface area contributed by atoms with Crippen molar-refractivity contribution in [3.8, 4) is 0 Å². The summed E-state index contributed by atoms with van der Waals surface area (Å²) in [5.41, 5.74) is 21.8. The predicted octanol–water partition coefficient (Wildman–Crippen LogP) is -3.15. The molecule has 0 aromatic rings. The Hall–Kier alpha value is -3.30. The highest BCUT2D eigenvalue weighted by Gasteiger charge is 2.31. The van der Waals surface area contributed by atoms with E-state index < -0.39 is 72.6 Å². The molecule has 0 heterocycles. The Morgan fingerprint density at radius 2 is 1.14 bits per heavy atom. The lowest BCUT2D eigenvalue weighted by Crippen LogP contribution is -2.57. The van der Waals surface area contributed by atoms with Crippen LogP contribution in [0.25, 0.3) is 0 Å². The molecule has 4 atom stereocenters. The van der Waals surface area contributed by atoms with Crippen LogP contribution in [0.2, 0.25) is 0 Å². The summed E-state index contributed by atoms with van der Waals surface area (Å²) >= 11 is 0. The number of hydrogen-bond acceptors (Lipinski definition) is 9. The van der Waals surface area contributed by atoms with Gasteiger partial charge in [-0.25, -0.2) is 4.79 Å². The number of hydrogen-bond donors (Lipinski definition) is 9. The molecule has 206 valence electrons. The van der Waals surface area contributed by atoms with Crippen LogP contribution in [-0.2, 0) is 28.8 Å². The van der Waals surface area contributed by atoms with Crippen molar-refractivity contribution in [3.05, 3.63) is 0 Å². The number of carboxylic acid groups (broad SMARTS) is 2. The Labute approximate surface area is 209 Å². The number of nitrogens with one attached hydrogen (secondary N) is 3. The minimum Gasteiger partial charge on any atom is -0.481 e. The number of carboxylic acids is 2. The van der Waals surface area contributed by atoms with Crippen LogP contribution in [0.15, 0.2) is 0 Å². The third kappa shape index (κ3) is 14.2. The van der Waals surface area contributed by atoms with Crippen molar-refractivity contribution < 1.29 is 39.0 Å². The van der Waals surface area contributed by atoms with Crippen molar-refractivity contribution in [2.24, 2.45) is 22.9 Å². The Morgan fingerprint density at radius 3 is 1.61 bits per heavy atom. The first-order chi connectivity index (χ1) is 16.9. The minimum atomic E-state index is -1.68. The summed E-state index contributed by atoms with van der Waals surface area (Å²) in [6.45, 7) is 0.793. The number of rotatable bonds is 20.